The van der Waals surface area contributed by atoms with Gasteiger partial charge in [-0.1, -0.05) is 17.8 Å². The Morgan fingerprint density at radius 1 is 1.16 bits per heavy atom. The van der Waals surface area contributed by atoms with E-state index in [0.29, 0.717) is 34.8 Å². The maximum atomic E-state index is 11.9. The lowest BCUT2D eigenvalue weighted by atomic mass is 10.2. The Labute approximate surface area is 192 Å². The molecule has 1 aromatic heterocycles. The summed E-state index contributed by atoms with van der Waals surface area (Å²) in [5.74, 6) is -0.274. The number of carbonyl (C=O) groups excluding carboxylic acids is 4. The van der Waals surface area contributed by atoms with Gasteiger partial charge in [-0.05, 0) is 19.9 Å². The molecule has 32 heavy (non-hydrogen) atoms. The normalized spacial score (nSPS) is 11.2. The lowest BCUT2D eigenvalue weighted by Crippen LogP contribution is -2.23. The minimum Gasteiger partial charge on any atom is -0.466 e. The summed E-state index contributed by atoms with van der Waals surface area (Å²) >= 11 is 1.23. The molecule has 0 aliphatic carbocycles. The van der Waals surface area contributed by atoms with Gasteiger partial charge in [-0.2, -0.15) is 0 Å². The highest BCUT2D eigenvalue weighted by Crippen LogP contribution is 2.27. The number of nitrogens with zero attached hydrogens (tertiary/aromatic N) is 3. The predicted molar refractivity (Wildman–Crippen MR) is 121 cm³/mol. The van der Waals surface area contributed by atoms with Crippen molar-refractivity contribution in [2.75, 3.05) is 32.0 Å². The third-order valence-corrected chi connectivity index (χ3v) is 5.21. The maximum Gasteiger partial charge on any atom is 0.410 e. The molecule has 0 atom stereocenters. The molecule has 0 aliphatic rings. The van der Waals surface area contributed by atoms with Crippen LogP contribution in [-0.4, -0.2) is 65.8 Å². The molecule has 0 bridgehead atoms. The Kier molecular flexibility index (Phi) is 11.3. The van der Waals surface area contributed by atoms with Crippen molar-refractivity contribution in [3.63, 3.8) is 0 Å². The van der Waals surface area contributed by atoms with Gasteiger partial charge >= 0.3 is 12.1 Å². The molecule has 10 nitrogen and oxygen atoms in total. The van der Waals surface area contributed by atoms with Crippen LogP contribution in [0.5, 0.6) is 0 Å². The lowest BCUT2D eigenvalue weighted by molar-refractivity contribution is -0.140. The number of hydrogen-bond donors (Lipinski definition) is 1. The topological polar surface area (TPSA) is 118 Å². The van der Waals surface area contributed by atoms with Gasteiger partial charge in [0.2, 0.25) is 12.3 Å². The Morgan fingerprint density at radius 3 is 2.41 bits per heavy atom. The largest absolute Gasteiger partial charge is 0.466 e. The van der Waals surface area contributed by atoms with E-state index in [4.69, 9.17) is 9.47 Å². The molecule has 1 heterocycles. The Hall–Kier alpha value is -3.08. The SMILES string of the molecule is CC(=O)Nc1nc(C)ccc1CN(C=O)/C(C)=C(/CCOC(C)=O)SCOC(=O)N(C)C. The van der Waals surface area contributed by atoms with Gasteiger partial charge in [-0.25, -0.2) is 9.78 Å². The van der Waals surface area contributed by atoms with E-state index >= 15 is 0 Å². The molecular weight excluding hydrogens is 436 g/mol. The van der Waals surface area contributed by atoms with Crippen molar-refractivity contribution in [1.82, 2.24) is 14.8 Å². The van der Waals surface area contributed by atoms with Gasteiger partial charge < -0.3 is 24.6 Å². The molecule has 1 aromatic rings. The van der Waals surface area contributed by atoms with Gasteiger partial charge in [0.1, 0.15) is 11.8 Å². The number of aryl methyl sites for hydroxylation is 1. The summed E-state index contributed by atoms with van der Waals surface area (Å²) < 4.78 is 10.2. The summed E-state index contributed by atoms with van der Waals surface area (Å²) in [7, 11) is 3.15. The molecule has 11 heteroatoms. The summed E-state index contributed by atoms with van der Waals surface area (Å²) in [6.07, 6.45) is 0.516. The summed E-state index contributed by atoms with van der Waals surface area (Å²) in [6, 6.07) is 3.58. The number of allylic oxidation sites excluding steroid dienone is 1. The minimum absolute atomic E-state index is 0.0275. The standard InChI is InChI=1S/C21H30N4O6S/c1-14-7-8-18(20(22-14)23-16(3)27)11-25(12-26)15(2)19(9-10-30-17(4)28)32-13-31-21(29)24(5)6/h7-8,12H,9-11,13H2,1-6H3,(H,22,23,27)/b19-15-. The Balaban J connectivity index is 3.11. The first-order valence-electron chi connectivity index (χ1n) is 9.81. The van der Waals surface area contributed by atoms with Gasteiger partial charge in [0.15, 0.2) is 0 Å². The van der Waals surface area contributed by atoms with Crippen LogP contribution in [0.2, 0.25) is 0 Å². The van der Waals surface area contributed by atoms with Crippen molar-refractivity contribution >= 4 is 42.0 Å². The molecule has 0 aromatic carbocycles. The number of nitrogens with one attached hydrogen (secondary N) is 1. The maximum absolute atomic E-state index is 11.9. The van der Waals surface area contributed by atoms with Crippen LogP contribution in [0.15, 0.2) is 22.7 Å². The highest BCUT2D eigenvalue weighted by molar-refractivity contribution is 8.02. The van der Waals surface area contributed by atoms with E-state index in [1.165, 1.54) is 35.4 Å². The Bertz CT molecular complexity index is 872. The zero-order valence-corrected chi connectivity index (χ0v) is 20.1. The highest BCUT2D eigenvalue weighted by Gasteiger charge is 2.16. The first-order chi connectivity index (χ1) is 15.0. The minimum atomic E-state index is -0.493. The molecule has 0 aliphatic heterocycles. The second kappa shape index (κ2) is 13.4. The number of pyridine rings is 1. The van der Waals surface area contributed by atoms with Gasteiger partial charge in [0.05, 0.1) is 13.2 Å². The summed E-state index contributed by atoms with van der Waals surface area (Å²) in [4.78, 5) is 54.1. The fourth-order valence-electron chi connectivity index (χ4n) is 2.49. The molecule has 3 amide bonds. The molecule has 1 N–H and O–H groups in total. The van der Waals surface area contributed by atoms with E-state index in [1.54, 1.807) is 40.1 Å². The zero-order valence-electron chi connectivity index (χ0n) is 19.3. The summed E-state index contributed by atoms with van der Waals surface area (Å²) in [6.45, 7) is 6.53. The van der Waals surface area contributed by atoms with E-state index in [1.807, 2.05) is 0 Å². The van der Waals surface area contributed by atoms with Crippen molar-refractivity contribution in [3.05, 3.63) is 34.0 Å². The van der Waals surface area contributed by atoms with E-state index in [-0.39, 0.29) is 25.0 Å². The number of aromatic nitrogens is 1. The lowest BCUT2D eigenvalue weighted by Gasteiger charge is -2.23. The third kappa shape index (κ3) is 9.38. The van der Waals surface area contributed by atoms with Crippen LogP contribution in [0.1, 0.15) is 38.4 Å². The van der Waals surface area contributed by atoms with Crippen LogP contribution in [0, 0.1) is 6.92 Å². The number of amides is 3. The first-order valence-corrected chi connectivity index (χ1v) is 10.8. The summed E-state index contributed by atoms with van der Waals surface area (Å²) in [5.41, 5.74) is 1.98. The quantitative estimate of drug-likeness (QED) is 0.300. The number of esters is 1. The molecule has 0 radical (unpaired) electrons. The van der Waals surface area contributed by atoms with E-state index < -0.39 is 12.1 Å². The molecule has 0 unspecified atom stereocenters. The molecule has 0 fully saturated rings. The average molecular weight is 467 g/mol. The van der Waals surface area contributed by atoms with Crippen molar-refractivity contribution in [1.29, 1.82) is 0 Å². The van der Waals surface area contributed by atoms with Crippen molar-refractivity contribution in [3.8, 4) is 0 Å². The molecule has 0 saturated carbocycles. The molecule has 0 saturated heterocycles. The second-order valence-electron chi connectivity index (χ2n) is 7.04. The van der Waals surface area contributed by atoms with E-state index in [0.717, 1.165) is 5.69 Å². The predicted octanol–water partition coefficient (Wildman–Crippen LogP) is 2.88. The van der Waals surface area contributed by atoms with Gasteiger partial charge in [-0.15, -0.1) is 0 Å². The fourth-order valence-corrected chi connectivity index (χ4v) is 3.35. The number of thioether (sulfide) groups is 1. The van der Waals surface area contributed by atoms with Crippen molar-refractivity contribution < 1.29 is 28.7 Å². The second-order valence-corrected chi connectivity index (χ2v) is 8.06. The van der Waals surface area contributed by atoms with E-state index in [9.17, 15) is 19.2 Å². The third-order valence-electron chi connectivity index (χ3n) is 4.13. The van der Waals surface area contributed by atoms with Crippen LogP contribution in [-0.2, 0) is 30.4 Å². The smallest absolute Gasteiger partial charge is 0.410 e. The first kappa shape index (κ1) is 27.0. The number of ether oxygens (including phenoxy) is 2. The monoisotopic (exact) mass is 466 g/mol. The van der Waals surface area contributed by atoms with Crippen LogP contribution >= 0.6 is 11.8 Å². The van der Waals surface area contributed by atoms with Gasteiger partial charge in [0.25, 0.3) is 0 Å². The number of carbonyl (C=O) groups is 4. The van der Waals surface area contributed by atoms with Crippen LogP contribution in [0.3, 0.4) is 0 Å². The fraction of sp³-hybridized carbons (Fsp3) is 0.476. The Morgan fingerprint density at radius 2 is 1.84 bits per heavy atom. The molecule has 0 spiro atoms. The number of anilines is 1. The van der Waals surface area contributed by atoms with Gasteiger partial charge in [-0.3, -0.25) is 14.4 Å². The zero-order chi connectivity index (χ0) is 24.3. The van der Waals surface area contributed by atoms with E-state index in [2.05, 4.69) is 10.3 Å². The molecule has 1 rings (SSSR count). The molecular formula is C21H30N4O6S. The number of hydrogen-bond acceptors (Lipinski definition) is 8. The van der Waals surface area contributed by atoms with Crippen molar-refractivity contribution in [2.24, 2.45) is 0 Å². The highest BCUT2D eigenvalue weighted by atomic mass is 32.2. The summed E-state index contributed by atoms with van der Waals surface area (Å²) in [5, 5.41) is 2.68. The van der Waals surface area contributed by atoms with Gasteiger partial charge in [0, 0.05) is 56.2 Å². The van der Waals surface area contributed by atoms with Crippen molar-refractivity contribution in [2.45, 2.75) is 40.7 Å². The number of rotatable bonds is 11. The van der Waals surface area contributed by atoms with Crippen LogP contribution in [0.4, 0.5) is 10.6 Å². The van der Waals surface area contributed by atoms with Crippen LogP contribution in [0.25, 0.3) is 0 Å². The van der Waals surface area contributed by atoms with Crippen LogP contribution < -0.4 is 5.32 Å². The average Bonchev–Trinajstić information content (AvgIpc) is 2.70. The molecule has 176 valence electrons.